The van der Waals surface area contributed by atoms with Gasteiger partial charge in [0.25, 0.3) is 10.0 Å². The highest BCUT2D eigenvalue weighted by Crippen LogP contribution is 2.28. The number of nitrogens with zero attached hydrogens (tertiary/aromatic N) is 2. The Morgan fingerprint density at radius 3 is 2.52 bits per heavy atom. The van der Waals surface area contributed by atoms with E-state index in [2.05, 4.69) is 46.5 Å². The van der Waals surface area contributed by atoms with Crippen LogP contribution in [0.4, 0.5) is 11.5 Å². The Hall–Kier alpha value is -1.19. The highest BCUT2D eigenvalue weighted by molar-refractivity contribution is 9.11. The standard InChI is InChI=1S/C12H12Br2N4O2S/c1-6-3-4-8(15)10(7(6)2)21(19,20)18-12-11(14)17-9(13)5-16-12/h3-5H,15H2,1-2H3,(H,16,18). The number of aryl methyl sites for hydroxylation is 1. The Morgan fingerprint density at radius 1 is 1.24 bits per heavy atom. The highest BCUT2D eigenvalue weighted by atomic mass is 79.9. The van der Waals surface area contributed by atoms with Crippen LogP contribution in [-0.2, 0) is 10.0 Å². The topological polar surface area (TPSA) is 98.0 Å². The third-order valence-electron chi connectivity index (χ3n) is 2.91. The average molecular weight is 436 g/mol. The van der Waals surface area contributed by atoms with E-state index in [4.69, 9.17) is 5.73 Å². The second kappa shape index (κ2) is 5.90. The van der Waals surface area contributed by atoms with Crippen molar-refractivity contribution in [3.63, 3.8) is 0 Å². The van der Waals surface area contributed by atoms with Crippen molar-refractivity contribution in [2.75, 3.05) is 10.5 Å². The lowest BCUT2D eigenvalue weighted by Crippen LogP contribution is -2.18. The summed E-state index contributed by atoms with van der Waals surface area (Å²) < 4.78 is 28.2. The van der Waals surface area contributed by atoms with Gasteiger partial charge in [0.05, 0.1) is 11.9 Å². The summed E-state index contributed by atoms with van der Waals surface area (Å²) in [7, 11) is -3.86. The summed E-state index contributed by atoms with van der Waals surface area (Å²) in [5, 5.41) is 0. The predicted molar refractivity (Wildman–Crippen MR) is 88.6 cm³/mol. The largest absolute Gasteiger partial charge is 0.398 e. The van der Waals surface area contributed by atoms with Gasteiger partial charge in [0, 0.05) is 0 Å². The van der Waals surface area contributed by atoms with Crippen molar-refractivity contribution in [2.24, 2.45) is 0 Å². The van der Waals surface area contributed by atoms with Gasteiger partial charge < -0.3 is 5.73 Å². The molecule has 0 atom stereocenters. The van der Waals surface area contributed by atoms with Crippen LogP contribution in [0.25, 0.3) is 0 Å². The molecule has 0 amide bonds. The number of nitrogens with two attached hydrogens (primary N) is 1. The normalized spacial score (nSPS) is 11.4. The molecule has 0 aliphatic heterocycles. The number of hydrogen-bond donors (Lipinski definition) is 2. The van der Waals surface area contributed by atoms with E-state index in [9.17, 15) is 8.42 Å². The van der Waals surface area contributed by atoms with Crippen LogP contribution in [0.2, 0.25) is 0 Å². The molecule has 0 unspecified atom stereocenters. The summed E-state index contributed by atoms with van der Waals surface area (Å²) in [6.45, 7) is 3.53. The molecule has 3 N–H and O–H groups in total. The zero-order valence-electron chi connectivity index (χ0n) is 11.2. The molecule has 0 aliphatic rings. The number of benzene rings is 1. The summed E-state index contributed by atoms with van der Waals surface area (Å²) in [4.78, 5) is 8.06. The Bertz CT molecular complexity index is 809. The van der Waals surface area contributed by atoms with Gasteiger partial charge in [0.1, 0.15) is 9.50 Å². The highest BCUT2D eigenvalue weighted by Gasteiger charge is 2.23. The first-order valence-corrected chi connectivity index (χ1v) is 8.86. The molecule has 0 radical (unpaired) electrons. The number of hydrogen-bond acceptors (Lipinski definition) is 5. The molecule has 112 valence electrons. The van der Waals surface area contributed by atoms with Crippen LogP contribution in [0.3, 0.4) is 0 Å². The second-order valence-corrected chi connectivity index (χ2v) is 7.55. The van der Waals surface area contributed by atoms with Gasteiger partial charge in [-0.25, -0.2) is 18.4 Å². The van der Waals surface area contributed by atoms with Crippen LogP contribution in [0.15, 0.2) is 32.4 Å². The minimum absolute atomic E-state index is 0.0547. The summed E-state index contributed by atoms with van der Waals surface area (Å²) >= 11 is 6.31. The van der Waals surface area contributed by atoms with Gasteiger partial charge in [-0.15, -0.1) is 0 Å². The number of nitrogens with one attached hydrogen (secondary N) is 1. The van der Waals surface area contributed by atoms with Crippen molar-refractivity contribution in [1.82, 2.24) is 9.97 Å². The number of rotatable bonds is 3. The molecule has 2 aromatic rings. The van der Waals surface area contributed by atoms with Crippen LogP contribution < -0.4 is 10.5 Å². The third-order valence-corrected chi connectivity index (χ3v) is 5.38. The van der Waals surface area contributed by atoms with E-state index >= 15 is 0 Å². The van der Waals surface area contributed by atoms with Gasteiger partial charge in [-0.05, 0) is 62.9 Å². The van der Waals surface area contributed by atoms with Crippen LogP contribution in [-0.4, -0.2) is 18.4 Å². The minimum Gasteiger partial charge on any atom is -0.398 e. The molecule has 0 spiro atoms. The summed E-state index contributed by atoms with van der Waals surface area (Å²) in [6, 6.07) is 3.35. The molecule has 0 saturated carbocycles. The summed E-state index contributed by atoms with van der Waals surface area (Å²) in [5.41, 5.74) is 7.44. The van der Waals surface area contributed by atoms with Crippen molar-refractivity contribution in [3.8, 4) is 0 Å². The maximum atomic E-state index is 12.5. The quantitative estimate of drug-likeness (QED) is 0.722. The Labute approximate surface area is 139 Å². The first kappa shape index (κ1) is 16.2. The number of sulfonamides is 1. The lowest BCUT2D eigenvalue weighted by Gasteiger charge is -2.14. The Balaban J connectivity index is 2.51. The van der Waals surface area contributed by atoms with Gasteiger partial charge in [-0.3, -0.25) is 4.72 Å². The smallest absolute Gasteiger partial charge is 0.265 e. The molecule has 6 nitrogen and oxygen atoms in total. The minimum atomic E-state index is -3.86. The Kier molecular flexibility index (Phi) is 4.54. The van der Waals surface area contributed by atoms with Gasteiger partial charge in [-0.1, -0.05) is 6.07 Å². The number of nitrogen functional groups attached to an aromatic ring is 1. The molecule has 1 aromatic carbocycles. The predicted octanol–water partition coefficient (Wildman–Crippen LogP) is 3.00. The first-order valence-electron chi connectivity index (χ1n) is 5.79. The van der Waals surface area contributed by atoms with E-state index in [1.165, 1.54) is 6.20 Å². The van der Waals surface area contributed by atoms with E-state index in [0.29, 0.717) is 10.2 Å². The number of halogens is 2. The monoisotopic (exact) mass is 434 g/mol. The van der Waals surface area contributed by atoms with Crippen molar-refractivity contribution < 1.29 is 8.42 Å². The fraction of sp³-hybridized carbons (Fsp3) is 0.167. The van der Waals surface area contributed by atoms with E-state index in [1.54, 1.807) is 19.1 Å². The van der Waals surface area contributed by atoms with Gasteiger partial charge in [0.15, 0.2) is 10.4 Å². The molecule has 0 bridgehead atoms. The summed E-state index contributed by atoms with van der Waals surface area (Å²) in [6.07, 6.45) is 1.40. The lowest BCUT2D eigenvalue weighted by atomic mass is 10.1. The molecule has 0 saturated heterocycles. The fourth-order valence-corrected chi connectivity index (χ4v) is 4.25. The van der Waals surface area contributed by atoms with E-state index in [-0.39, 0.29) is 21.0 Å². The van der Waals surface area contributed by atoms with Crippen LogP contribution in [0.1, 0.15) is 11.1 Å². The SMILES string of the molecule is Cc1ccc(N)c(S(=O)(=O)Nc2ncc(Br)nc2Br)c1C. The van der Waals surface area contributed by atoms with Gasteiger partial charge >= 0.3 is 0 Å². The van der Waals surface area contributed by atoms with E-state index in [0.717, 1.165) is 5.56 Å². The number of aromatic nitrogens is 2. The maximum Gasteiger partial charge on any atom is 0.265 e. The molecule has 1 aromatic heterocycles. The van der Waals surface area contributed by atoms with Crippen molar-refractivity contribution in [2.45, 2.75) is 18.7 Å². The molecule has 1 heterocycles. The van der Waals surface area contributed by atoms with Crippen LogP contribution in [0.5, 0.6) is 0 Å². The molecule has 0 aliphatic carbocycles. The molecule has 9 heteroatoms. The van der Waals surface area contributed by atoms with E-state index in [1.807, 2.05) is 6.92 Å². The Morgan fingerprint density at radius 2 is 1.90 bits per heavy atom. The fourth-order valence-electron chi connectivity index (χ4n) is 1.76. The van der Waals surface area contributed by atoms with Crippen LogP contribution in [0, 0.1) is 13.8 Å². The molecular weight excluding hydrogens is 424 g/mol. The summed E-state index contributed by atoms with van der Waals surface area (Å²) in [5.74, 6) is 0.0958. The maximum absolute atomic E-state index is 12.5. The molecular formula is C12H12Br2N4O2S. The van der Waals surface area contributed by atoms with Gasteiger partial charge in [0.2, 0.25) is 0 Å². The van der Waals surface area contributed by atoms with Crippen molar-refractivity contribution >= 4 is 53.4 Å². The van der Waals surface area contributed by atoms with Crippen molar-refractivity contribution in [1.29, 1.82) is 0 Å². The molecule has 2 rings (SSSR count). The first-order chi connectivity index (χ1) is 9.72. The molecule has 21 heavy (non-hydrogen) atoms. The number of anilines is 2. The van der Waals surface area contributed by atoms with Gasteiger partial charge in [-0.2, -0.15) is 0 Å². The zero-order valence-corrected chi connectivity index (χ0v) is 15.2. The average Bonchev–Trinajstić information content (AvgIpc) is 2.37. The lowest BCUT2D eigenvalue weighted by molar-refractivity contribution is 0.600. The third kappa shape index (κ3) is 3.35. The molecule has 0 fully saturated rings. The van der Waals surface area contributed by atoms with Crippen molar-refractivity contribution in [3.05, 3.63) is 38.7 Å². The van der Waals surface area contributed by atoms with E-state index < -0.39 is 10.0 Å². The second-order valence-electron chi connectivity index (χ2n) is 4.36. The zero-order chi connectivity index (χ0) is 15.8. The van der Waals surface area contributed by atoms with Crippen LogP contribution >= 0.6 is 31.9 Å².